The van der Waals surface area contributed by atoms with Gasteiger partial charge in [-0.25, -0.2) is 4.98 Å². The quantitative estimate of drug-likeness (QED) is 0.742. The van der Waals surface area contributed by atoms with Crippen LogP contribution >= 0.6 is 0 Å². The van der Waals surface area contributed by atoms with Gasteiger partial charge in [0.05, 0.1) is 7.11 Å². The van der Waals surface area contributed by atoms with Crippen molar-refractivity contribution in [3.63, 3.8) is 0 Å². The first-order valence-electron chi connectivity index (χ1n) is 5.54. The Balaban J connectivity index is 2.08. The molecule has 3 heteroatoms. The van der Waals surface area contributed by atoms with Gasteiger partial charge in [0.15, 0.2) is 0 Å². The number of nitrogens with zero attached hydrogens (tertiary/aromatic N) is 2. The topological polar surface area (TPSA) is 25.4 Å². The molecule has 0 spiro atoms. The average Bonchev–Trinajstić information content (AvgIpc) is 2.30. The molecule has 2 heterocycles. The Morgan fingerprint density at radius 2 is 2.13 bits per heavy atom. The van der Waals surface area contributed by atoms with E-state index >= 15 is 0 Å². The van der Waals surface area contributed by atoms with Gasteiger partial charge < -0.3 is 9.64 Å². The zero-order valence-electron chi connectivity index (χ0n) is 9.44. The third-order valence-corrected chi connectivity index (χ3v) is 3.08. The molecule has 1 aliphatic rings. The molecule has 1 fully saturated rings. The molecule has 0 aliphatic carbocycles. The number of anilines is 1. The van der Waals surface area contributed by atoms with E-state index in [-0.39, 0.29) is 0 Å². The number of rotatable bonds is 2. The molecule has 0 unspecified atom stereocenters. The fraction of sp³-hybridized carbons (Fsp3) is 0.583. The van der Waals surface area contributed by atoms with Crippen molar-refractivity contribution in [3.8, 4) is 5.88 Å². The van der Waals surface area contributed by atoms with Crippen LogP contribution in [0.15, 0.2) is 18.3 Å². The molecule has 0 atom stereocenters. The fourth-order valence-electron chi connectivity index (χ4n) is 1.97. The minimum Gasteiger partial charge on any atom is -0.481 e. The number of ether oxygens (including phenoxy) is 1. The van der Waals surface area contributed by atoms with E-state index in [1.807, 2.05) is 12.3 Å². The van der Waals surface area contributed by atoms with Gasteiger partial charge >= 0.3 is 0 Å². The first kappa shape index (κ1) is 10.3. The molecular formula is C12H18N2O. The summed E-state index contributed by atoms with van der Waals surface area (Å²) in [6.45, 7) is 4.62. The summed E-state index contributed by atoms with van der Waals surface area (Å²) in [5.41, 5.74) is 1.23. The standard InChI is InChI=1S/C12H18N2O/c1-10-4-7-14(8-5-10)11-3-6-13-12(9-11)15-2/h3,6,9-10H,4-5,7-8H2,1-2H3. The summed E-state index contributed by atoms with van der Waals surface area (Å²) in [5, 5.41) is 0. The summed E-state index contributed by atoms with van der Waals surface area (Å²) in [4.78, 5) is 6.53. The molecule has 0 aromatic carbocycles. The molecule has 0 N–H and O–H groups in total. The lowest BCUT2D eigenvalue weighted by atomic mass is 9.99. The van der Waals surface area contributed by atoms with Crippen molar-refractivity contribution < 1.29 is 4.74 Å². The van der Waals surface area contributed by atoms with Crippen molar-refractivity contribution in [2.45, 2.75) is 19.8 Å². The van der Waals surface area contributed by atoms with Gasteiger partial charge in [-0.15, -0.1) is 0 Å². The molecule has 82 valence electrons. The maximum absolute atomic E-state index is 5.13. The third kappa shape index (κ3) is 2.41. The van der Waals surface area contributed by atoms with Crippen LogP contribution < -0.4 is 9.64 Å². The fourth-order valence-corrected chi connectivity index (χ4v) is 1.97. The lowest BCUT2D eigenvalue weighted by molar-refractivity contribution is 0.397. The van der Waals surface area contributed by atoms with Crippen LogP contribution in [0.5, 0.6) is 5.88 Å². The van der Waals surface area contributed by atoms with Gasteiger partial charge in [0.25, 0.3) is 0 Å². The largest absolute Gasteiger partial charge is 0.481 e. The van der Waals surface area contributed by atoms with Gasteiger partial charge in [0, 0.05) is 31.0 Å². The maximum Gasteiger partial charge on any atom is 0.214 e. The number of hydrogen-bond donors (Lipinski definition) is 0. The van der Waals surface area contributed by atoms with Gasteiger partial charge in [0.2, 0.25) is 5.88 Å². The summed E-state index contributed by atoms with van der Waals surface area (Å²) in [6.07, 6.45) is 4.38. The second-order valence-electron chi connectivity index (χ2n) is 4.23. The minimum atomic E-state index is 0.700. The van der Waals surface area contributed by atoms with Crippen molar-refractivity contribution >= 4 is 5.69 Å². The van der Waals surface area contributed by atoms with Crippen LogP contribution in [0.4, 0.5) is 5.69 Å². The first-order chi connectivity index (χ1) is 7.29. The van der Waals surface area contributed by atoms with E-state index in [1.165, 1.54) is 18.5 Å². The lowest BCUT2D eigenvalue weighted by Crippen LogP contribution is -2.32. The highest BCUT2D eigenvalue weighted by atomic mass is 16.5. The summed E-state index contributed by atoms with van der Waals surface area (Å²) < 4.78 is 5.13. The zero-order valence-corrected chi connectivity index (χ0v) is 9.44. The minimum absolute atomic E-state index is 0.700. The number of piperidine rings is 1. The van der Waals surface area contributed by atoms with Gasteiger partial charge in [-0.05, 0) is 24.8 Å². The van der Waals surface area contributed by atoms with E-state index in [2.05, 4.69) is 22.9 Å². The summed E-state index contributed by atoms with van der Waals surface area (Å²) in [6, 6.07) is 4.06. The number of hydrogen-bond acceptors (Lipinski definition) is 3. The predicted octanol–water partition coefficient (Wildman–Crippen LogP) is 2.33. The summed E-state index contributed by atoms with van der Waals surface area (Å²) in [5.74, 6) is 1.57. The predicted molar refractivity (Wildman–Crippen MR) is 61.4 cm³/mol. The summed E-state index contributed by atoms with van der Waals surface area (Å²) in [7, 11) is 1.66. The second kappa shape index (κ2) is 4.51. The molecule has 0 amide bonds. The van der Waals surface area contributed by atoms with Crippen LogP contribution in [0.2, 0.25) is 0 Å². The van der Waals surface area contributed by atoms with Crippen LogP contribution in [-0.4, -0.2) is 25.2 Å². The number of methoxy groups -OCH3 is 1. The molecule has 1 aliphatic heterocycles. The third-order valence-electron chi connectivity index (χ3n) is 3.08. The van der Waals surface area contributed by atoms with Gasteiger partial charge in [-0.2, -0.15) is 0 Å². The van der Waals surface area contributed by atoms with Crippen LogP contribution in [-0.2, 0) is 0 Å². The van der Waals surface area contributed by atoms with Crippen LogP contribution in [0.3, 0.4) is 0 Å². The number of pyridine rings is 1. The molecule has 0 saturated carbocycles. The van der Waals surface area contributed by atoms with Crippen molar-refractivity contribution in [1.82, 2.24) is 4.98 Å². The summed E-state index contributed by atoms with van der Waals surface area (Å²) >= 11 is 0. The molecule has 1 saturated heterocycles. The van der Waals surface area contributed by atoms with E-state index in [4.69, 9.17) is 4.74 Å². The molecule has 0 radical (unpaired) electrons. The number of aromatic nitrogens is 1. The lowest BCUT2D eigenvalue weighted by Gasteiger charge is -2.32. The van der Waals surface area contributed by atoms with E-state index in [9.17, 15) is 0 Å². The normalized spacial score (nSPS) is 17.9. The van der Waals surface area contributed by atoms with Crippen LogP contribution in [0.25, 0.3) is 0 Å². The van der Waals surface area contributed by atoms with Crippen molar-refractivity contribution in [2.75, 3.05) is 25.1 Å². The SMILES string of the molecule is COc1cc(N2CCC(C)CC2)ccn1. The second-order valence-corrected chi connectivity index (χ2v) is 4.23. The molecule has 15 heavy (non-hydrogen) atoms. The molecule has 1 aromatic heterocycles. The van der Waals surface area contributed by atoms with E-state index < -0.39 is 0 Å². The Morgan fingerprint density at radius 3 is 2.80 bits per heavy atom. The molecule has 1 aromatic rings. The molecule has 2 rings (SSSR count). The van der Waals surface area contributed by atoms with Crippen LogP contribution in [0, 0.1) is 5.92 Å². The van der Waals surface area contributed by atoms with Gasteiger partial charge in [-0.1, -0.05) is 6.92 Å². The van der Waals surface area contributed by atoms with Gasteiger partial charge in [-0.3, -0.25) is 0 Å². The Kier molecular flexibility index (Phi) is 3.09. The Labute approximate surface area is 91.1 Å². The monoisotopic (exact) mass is 206 g/mol. The Hall–Kier alpha value is -1.25. The van der Waals surface area contributed by atoms with E-state index in [0.717, 1.165) is 19.0 Å². The molecule has 0 bridgehead atoms. The van der Waals surface area contributed by atoms with E-state index in [1.54, 1.807) is 7.11 Å². The smallest absolute Gasteiger partial charge is 0.214 e. The highest BCUT2D eigenvalue weighted by Crippen LogP contribution is 2.24. The van der Waals surface area contributed by atoms with Crippen molar-refractivity contribution in [1.29, 1.82) is 0 Å². The average molecular weight is 206 g/mol. The Morgan fingerprint density at radius 1 is 1.40 bits per heavy atom. The highest BCUT2D eigenvalue weighted by molar-refractivity contribution is 5.48. The highest BCUT2D eigenvalue weighted by Gasteiger charge is 2.16. The zero-order chi connectivity index (χ0) is 10.7. The van der Waals surface area contributed by atoms with Crippen molar-refractivity contribution in [2.24, 2.45) is 5.92 Å². The van der Waals surface area contributed by atoms with Crippen molar-refractivity contribution in [3.05, 3.63) is 18.3 Å². The Bertz CT molecular complexity index is 319. The van der Waals surface area contributed by atoms with Crippen LogP contribution in [0.1, 0.15) is 19.8 Å². The molecular weight excluding hydrogens is 188 g/mol. The van der Waals surface area contributed by atoms with E-state index in [0.29, 0.717) is 5.88 Å². The first-order valence-corrected chi connectivity index (χ1v) is 5.54. The maximum atomic E-state index is 5.13. The molecule has 3 nitrogen and oxygen atoms in total. The van der Waals surface area contributed by atoms with Gasteiger partial charge in [0.1, 0.15) is 0 Å².